The number of halogens is 2. The molecule has 0 N–H and O–H groups in total. The van der Waals surface area contributed by atoms with Gasteiger partial charge in [0.2, 0.25) is 0 Å². The van der Waals surface area contributed by atoms with Gasteiger partial charge in [-0.1, -0.05) is 128 Å². The van der Waals surface area contributed by atoms with Crippen molar-refractivity contribution in [2.24, 2.45) is 0 Å². The SMILES string of the molecule is CCCCC1=[C-]C([Si]2(CC)CCC2)=CC1.CCCCC1=[C-]C([Si]2(CC)CCC2)=CC1.[Cl-].[Cl-].[Zr+4]. The maximum Gasteiger partial charge on any atom is 4.00 e. The molecule has 2 aliphatic heterocycles. The largest absolute Gasteiger partial charge is 4.00 e. The summed E-state index contributed by atoms with van der Waals surface area (Å²) in [4.78, 5) is 0. The Kier molecular flexibility index (Phi) is 17.0. The molecule has 0 amide bonds. The van der Waals surface area contributed by atoms with Crippen LogP contribution in [0.1, 0.15) is 91.9 Å². The predicted molar refractivity (Wildman–Crippen MR) is 139 cm³/mol. The monoisotopic (exact) mass is 598 g/mol. The molecule has 0 aromatic rings. The summed E-state index contributed by atoms with van der Waals surface area (Å²) in [6.07, 6.45) is 25.9. The van der Waals surface area contributed by atoms with E-state index in [0.717, 1.165) is 0 Å². The van der Waals surface area contributed by atoms with Gasteiger partial charge in [0.25, 0.3) is 0 Å². The van der Waals surface area contributed by atoms with Crippen molar-refractivity contribution >= 4 is 16.1 Å². The molecule has 184 valence electrons. The van der Waals surface area contributed by atoms with E-state index in [0.29, 0.717) is 0 Å². The normalized spacial score (nSPS) is 21.2. The molecule has 0 aromatic carbocycles. The maximum atomic E-state index is 3.76. The van der Waals surface area contributed by atoms with Crippen molar-refractivity contribution in [2.45, 2.75) is 128 Å². The van der Waals surface area contributed by atoms with Gasteiger partial charge in [-0.25, -0.2) is 22.5 Å². The fourth-order valence-electron chi connectivity index (χ4n) is 5.68. The van der Waals surface area contributed by atoms with Crippen LogP contribution in [0.2, 0.25) is 36.3 Å². The zero-order chi connectivity index (χ0) is 21.5. The van der Waals surface area contributed by atoms with Gasteiger partial charge in [-0.3, -0.25) is 12.2 Å². The van der Waals surface area contributed by atoms with E-state index in [9.17, 15) is 0 Å². The summed E-state index contributed by atoms with van der Waals surface area (Å²) in [5.41, 5.74) is 3.19. The molecule has 2 saturated heterocycles. The molecule has 0 radical (unpaired) electrons. The Morgan fingerprint density at radius 1 is 0.667 bits per heavy atom. The smallest absolute Gasteiger partial charge is 1.00 e. The van der Waals surface area contributed by atoms with E-state index >= 15 is 0 Å². The summed E-state index contributed by atoms with van der Waals surface area (Å²) < 4.78 is 0. The molecule has 33 heavy (non-hydrogen) atoms. The van der Waals surface area contributed by atoms with Gasteiger partial charge in [-0.15, -0.1) is 0 Å². The number of hydrogen-bond acceptors (Lipinski definition) is 0. The standard InChI is InChI=1S/2C14H23Si.2ClH.Zr/c2*1-3-5-7-13-8-9-14(12-13)15(4-2)10-6-11-15;;;/h2*9H,3-8,10-11H2,1-2H3;2*1H;/q2*-1;;;+4/p-2. The van der Waals surface area contributed by atoms with Crippen LogP contribution in [0.4, 0.5) is 0 Å². The average Bonchev–Trinajstić information content (AvgIpc) is 3.35. The molecule has 0 unspecified atom stereocenters. The summed E-state index contributed by atoms with van der Waals surface area (Å²) in [6.45, 7) is 9.35. The molecule has 4 aliphatic rings. The van der Waals surface area contributed by atoms with Crippen LogP contribution in [0.25, 0.3) is 0 Å². The van der Waals surface area contributed by atoms with Gasteiger partial charge in [-0.05, 0) is 0 Å². The molecule has 0 saturated carbocycles. The zero-order valence-electron chi connectivity index (χ0n) is 21.7. The first-order chi connectivity index (χ1) is 14.6. The minimum absolute atomic E-state index is 0. The van der Waals surface area contributed by atoms with Crippen LogP contribution in [0.5, 0.6) is 0 Å². The van der Waals surface area contributed by atoms with Crippen LogP contribution in [-0.2, 0) is 26.2 Å². The van der Waals surface area contributed by atoms with Gasteiger partial charge in [0.1, 0.15) is 0 Å². The summed E-state index contributed by atoms with van der Waals surface area (Å²) in [5, 5.41) is 3.39. The number of hydrogen-bond donors (Lipinski definition) is 0. The van der Waals surface area contributed by atoms with Crippen LogP contribution in [0.3, 0.4) is 0 Å². The molecule has 4 rings (SSSR count). The molecule has 0 aromatic heterocycles. The second-order valence-corrected chi connectivity index (χ2v) is 19.9. The van der Waals surface area contributed by atoms with Crippen LogP contribution >= 0.6 is 0 Å². The van der Waals surface area contributed by atoms with Crippen LogP contribution in [0, 0.1) is 12.2 Å². The third-order valence-electron chi connectivity index (χ3n) is 8.51. The molecule has 0 nitrogen and oxygen atoms in total. The Morgan fingerprint density at radius 2 is 1.03 bits per heavy atom. The summed E-state index contributed by atoms with van der Waals surface area (Å²) in [5.74, 6) is 0. The van der Waals surface area contributed by atoms with Crippen molar-refractivity contribution in [3.05, 3.63) is 45.8 Å². The topological polar surface area (TPSA) is 0 Å². The second kappa shape index (κ2) is 16.6. The van der Waals surface area contributed by atoms with Crippen molar-refractivity contribution in [3.63, 3.8) is 0 Å². The molecular weight excluding hydrogens is 555 g/mol. The van der Waals surface area contributed by atoms with Gasteiger partial charge in [0.15, 0.2) is 0 Å². The first-order valence-corrected chi connectivity index (χ1v) is 18.5. The van der Waals surface area contributed by atoms with E-state index < -0.39 is 16.1 Å². The molecular formula is C28H46Cl2Si2Zr. The minimum atomic E-state index is -0.936. The zero-order valence-corrected chi connectivity index (χ0v) is 27.7. The van der Waals surface area contributed by atoms with Gasteiger partial charge < -0.3 is 24.8 Å². The first kappa shape index (κ1) is 33.9. The van der Waals surface area contributed by atoms with Crippen LogP contribution in [-0.4, -0.2) is 16.1 Å². The van der Waals surface area contributed by atoms with Crippen molar-refractivity contribution < 1.29 is 51.0 Å². The Balaban J connectivity index is 0.000000569. The fourth-order valence-corrected chi connectivity index (χ4v) is 13.3. The van der Waals surface area contributed by atoms with Crippen molar-refractivity contribution in [2.75, 3.05) is 0 Å². The van der Waals surface area contributed by atoms with Crippen molar-refractivity contribution in [1.82, 2.24) is 0 Å². The minimum Gasteiger partial charge on any atom is -1.00 e. The van der Waals surface area contributed by atoms with E-state index in [4.69, 9.17) is 0 Å². The molecule has 2 aliphatic carbocycles. The third-order valence-corrected chi connectivity index (χ3v) is 19.4. The average molecular weight is 601 g/mol. The van der Waals surface area contributed by atoms with E-state index in [1.165, 1.54) is 76.3 Å². The van der Waals surface area contributed by atoms with Crippen LogP contribution < -0.4 is 24.8 Å². The Labute approximate surface area is 239 Å². The Bertz CT molecular complexity index is 630. The van der Waals surface area contributed by atoms with Crippen molar-refractivity contribution in [1.29, 1.82) is 0 Å². The number of unbranched alkanes of at least 4 members (excludes halogenated alkanes) is 2. The van der Waals surface area contributed by atoms with E-state index in [2.05, 4.69) is 52.0 Å². The fraction of sp³-hybridized carbons (Fsp3) is 0.714. The van der Waals surface area contributed by atoms with E-state index in [-0.39, 0.29) is 51.0 Å². The molecule has 2 fully saturated rings. The molecule has 2 heterocycles. The quantitative estimate of drug-likeness (QED) is 0.267. The van der Waals surface area contributed by atoms with Gasteiger partial charge in [0.05, 0.1) is 0 Å². The Hall–Kier alpha value is 0.857. The molecule has 5 heteroatoms. The summed E-state index contributed by atoms with van der Waals surface area (Å²) in [6, 6.07) is 9.08. The molecule has 0 atom stereocenters. The Morgan fingerprint density at radius 3 is 1.27 bits per heavy atom. The van der Waals surface area contributed by atoms with Crippen LogP contribution in [0.15, 0.2) is 33.7 Å². The van der Waals surface area contributed by atoms with E-state index in [1.807, 2.05) is 0 Å². The predicted octanol–water partition coefficient (Wildman–Crippen LogP) is 3.30. The second-order valence-electron chi connectivity index (χ2n) is 10.3. The van der Waals surface area contributed by atoms with E-state index in [1.54, 1.807) is 45.7 Å². The number of rotatable bonds is 10. The van der Waals surface area contributed by atoms with Gasteiger partial charge in [0, 0.05) is 16.1 Å². The van der Waals surface area contributed by atoms with Gasteiger partial charge >= 0.3 is 26.2 Å². The third kappa shape index (κ3) is 8.45. The summed E-state index contributed by atoms with van der Waals surface area (Å²) >= 11 is 0. The van der Waals surface area contributed by atoms with Crippen molar-refractivity contribution in [3.8, 4) is 0 Å². The molecule has 0 bridgehead atoms. The number of allylic oxidation sites excluding steroid dienone is 8. The summed E-state index contributed by atoms with van der Waals surface area (Å²) in [7, 11) is -1.87. The molecule has 0 spiro atoms. The first-order valence-electron chi connectivity index (χ1n) is 13.3. The maximum absolute atomic E-state index is 3.76. The van der Waals surface area contributed by atoms with Gasteiger partial charge in [-0.2, -0.15) is 11.1 Å².